The van der Waals surface area contributed by atoms with Crippen LogP contribution in [0.3, 0.4) is 0 Å². The molecule has 1 saturated carbocycles. The van der Waals surface area contributed by atoms with Crippen molar-refractivity contribution in [2.75, 3.05) is 32.1 Å². The Kier molecular flexibility index (Phi) is 11.5. The highest BCUT2D eigenvalue weighted by molar-refractivity contribution is 6.32. The molecule has 3 atom stereocenters. The molecule has 4 aromatic rings. The fourth-order valence-corrected chi connectivity index (χ4v) is 6.83. The molecule has 15 heteroatoms. The second-order valence-electron chi connectivity index (χ2n) is 14.1. The van der Waals surface area contributed by atoms with Crippen molar-refractivity contribution in [2.24, 2.45) is 0 Å². The number of anilines is 2. The average Bonchev–Trinajstić information content (AvgIpc) is 3.76. The number of ether oxygens (including phenoxy) is 4. The third-order valence-corrected chi connectivity index (χ3v) is 9.84. The van der Waals surface area contributed by atoms with Crippen LogP contribution < -0.4 is 14.8 Å². The molecule has 0 spiro atoms. The SMILES string of the molecule is COC(C)(C)CCOc1nn(C2CCC(N3C[C@@H](C)O[C@@H](C)C3)CC2)cc1Nc1ncc(-c2ccc(Cl)c(O[C@@H](C)Cn3cnnn3)c2)cn1. The van der Waals surface area contributed by atoms with Gasteiger partial charge in [0.05, 0.1) is 48.2 Å². The van der Waals surface area contributed by atoms with Crippen molar-refractivity contribution >= 4 is 23.2 Å². The lowest BCUT2D eigenvalue weighted by Gasteiger charge is -2.42. The Hall–Kier alpha value is -3.85. The highest BCUT2D eigenvalue weighted by atomic mass is 35.5. The summed E-state index contributed by atoms with van der Waals surface area (Å²) in [5.74, 6) is 1.52. The smallest absolute Gasteiger partial charge is 0.256 e. The first-order valence-electron chi connectivity index (χ1n) is 17.5. The maximum absolute atomic E-state index is 6.47. The summed E-state index contributed by atoms with van der Waals surface area (Å²) in [5, 5.41) is 20.0. The van der Waals surface area contributed by atoms with Crippen molar-refractivity contribution in [1.82, 2.24) is 44.9 Å². The van der Waals surface area contributed by atoms with Crippen LogP contribution in [0.2, 0.25) is 5.02 Å². The Labute approximate surface area is 298 Å². The van der Waals surface area contributed by atoms with Crippen LogP contribution in [0.1, 0.15) is 72.8 Å². The van der Waals surface area contributed by atoms with E-state index >= 15 is 0 Å². The standard InChI is InChI=1S/C35H49ClN10O4/c1-23-18-44(19-24(2)49-23)28-8-10-29(11-9-28)46-21-31(33(41-46)48-14-13-35(4,5)47-6)40-34-37-16-27(17-38-34)26-7-12-30(36)32(15-26)50-25(3)20-45-22-39-42-43-45/h7,12,15-17,21-25,28-29H,8-11,13-14,18-20H2,1-6H3,(H,37,38,40)/t23-,24+,25-,28?,29?/m0/s1. The zero-order valence-electron chi connectivity index (χ0n) is 29.8. The molecule has 0 unspecified atom stereocenters. The fourth-order valence-electron chi connectivity index (χ4n) is 6.67. The van der Waals surface area contributed by atoms with Gasteiger partial charge < -0.3 is 24.3 Å². The molecule has 0 amide bonds. The first kappa shape index (κ1) is 36.0. The number of nitrogens with one attached hydrogen (secondary N) is 1. The van der Waals surface area contributed by atoms with Gasteiger partial charge in [-0.05, 0) is 88.4 Å². The lowest BCUT2D eigenvalue weighted by atomic mass is 9.89. The maximum Gasteiger partial charge on any atom is 0.256 e. The zero-order valence-corrected chi connectivity index (χ0v) is 30.6. The highest BCUT2D eigenvalue weighted by Crippen LogP contribution is 2.36. The third-order valence-electron chi connectivity index (χ3n) is 9.52. The Morgan fingerprint density at radius 2 is 1.76 bits per heavy atom. The van der Waals surface area contributed by atoms with E-state index in [4.69, 9.17) is 35.6 Å². The van der Waals surface area contributed by atoms with Gasteiger partial charge in [-0.25, -0.2) is 14.6 Å². The molecule has 0 bridgehead atoms. The van der Waals surface area contributed by atoms with Crippen LogP contribution in [0.4, 0.5) is 11.6 Å². The Balaban J connectivity index is 1.13. The van der Waals surface area contributed by atoms with Gasteiger partial charge in [-0.3, -0.25) is 9.58 Å². The van der Waals surface area contributed by atoms with Crippen molar-refractivity contribution in [3.05, 3.63) is 48.1 Å². The first-order chi connectivity index (χ1) is 24.0. The van der Waals surface area contributed by atoms with Crippen LogP contribution in [0.5, 0.6) is 11.6 Å². The van der Waals surface area contributed by atoms with Crippen LogP contribution in [0.25, 0.3) is 11.1 Å². The Bertz CT molecular complexity index is 1650. The van der Waals surface area contributed by atoms with E-state index < -0.39 is 0 Å². The maximum atomic E-state index is 6.47. The number of hydrogen-bond donors (Lipinski definition) is 1. The van der Waals surface area contributed by atoms with E-state index in [-0.39, 0.29) is 30.0 Å². The Morgan fingerprint density at radius 3 is 2.44 bits per heavy atom. The lowest BCUT2D eigenvalue weighted by Crippen LogP contribution is -2.51. The van der Waals surface area contributed by atoms with Crippen molar-refractivity contribution in [3.8, 4) is 22.8 Å². The third kappa shape index (κ3) is 9.27. The predicted molar refractivity (Wildman–Crippen MR) is 190 cm³/mol. The van der Waals surface area contributed by atoms with Crippen LogP contribution in [-0.2, 0) is 16.0 Å². The van der Waals surface area contributed by atoms with Crippen molar-refractivity contribution in [1.29, 1.82) is 0 Å². The van der Waals surface area contributed by atoms with E-state index in [0.717, 1.165) is 55.6 Å². The van der Waals surface area contributed by atoms with Crippen LogP contribution in [0.15, 0.2) is 43.1 Å². The normalized spacial score (nSPS) is 22.3. The molecule has 14 nitrogen and oxygen atoms in total. The summed E-state index contributed by atoms with van der Waals surface area (Å²) in [4.78, 5) is 11.9. The van der Waals surface area contributed by atoms with Crippen LogP contribution in [-0.4, -0.2) is 102 Å². The highest BCUT2D eigenvalue weighted by Gasteiger charge is 2.32. The largest absolute Gasteiger partial charge is 0.487 e. The van der Waals surface area contributed by atoms with Crippen LogP contribution in [0, 0.1) is 0 Å². The van der Waals surface area contributed by atoms with Gasteiger partial charge in [-0.2, -0.15) is 0 Å². The number of tetrazole rings is 1. The number of nitrogens with zero attached hydrogens (tertiary/aromatic N) is 9. The van der Waals surface area contributed by atoms with Gasteiger partial charge in [0.2, 0.25) is 5.95 Å². The molecule has 2 fully saturated rings. The molecule has 1 aromatic carbocycles. The summed E-state index contributed by atoms with van der Waals surface area (Å²) in [6, 6.07) is 6.47. The molecule has 50 heavy (non-hydrogen) atoms. The molecule has 0 radical (unpaired) electrons. The topological polar surface area (TPSA) is 139 Å². The minimum atomic E-state index is -0.304. The average molecular weight is 709 g/mol. The van der Waals surface area contributed by atoms with E-state index in [2.05, 4.69) is 54.2 Å². The molecular weight excluding hydrogens is 660 g/mol. The van der Waals surface area contributed by atoms with Gasteiger partial charge in [0.1, 0.15) is 23.9 Å². The zero-order chi connectivity index (χ0) is 35.3. The molecule has 270 valence electrons. The molecule has 1 N–H and O–H groups in total. The van der Waals surface area contributed by atoms with Gasteiger partial charge in [-0.1, -0.05) is 17.7 Å². The van der Waals surface area contributed by atoms with E-state index in [1.165, 1.54) is 0 Å². The summed E-state index contributed by atoms with van der Waals surface area (Å²) in [6.07, 6.45) is 12.5. The van der Waals surface area contributed by atoms with Crippen molar-refractivity contribution in [3.63, 3.8) is 0 Å². The van der Waals surface area contributed by atoms with Gasteiger partial charge >= 0.3 is 0 Å². The molecule has 2 aliphatic rings. The molecule has 1 aliphatic heterocycles. The van der Waals surface area contributed by atoms with E-state index in [1.54, 1.807) is 36.6 Å². The van der Waals surface area contributed by atoms with E-state index in [0.29, 0.717) is 48.2 Å². The number of benzene rings is 1. The molecule has 1 saturated heterocycles. The summed E-state index contributed by atoms with van der Waals surface area (Å²) in [5.41, 5.74) is 2.12. The molecule has 3 aromatic heterocycles. The molecular formula is C35H49ClN10O4. The van der Waals surface area contributed by atoms with Gasteiger partial charge in [0.15, 0.2) is 0 Å². The summed E-state index contributed by atoms with van der Waals surface area (Å²) in [7, 11) is 1.72. The number of hydrogen-bond acceptors (Lipinski definition) is 12. The van der Waals surface area contributed by atoms with Gasteiger partial charge in [-0.15, -0.1) is 10.2 Å². The van der Waals surface area contributed by atoms with Crippen molar-refractivity contribution < 1.29 is 18.9 Å². The summed E-state index contributed by atoms with van der Waals surface area (Å²) < 4.78 is 27.6. The second-order valence-corrected chi connectivity index (χ2v) is 14.5. The summed E-state index contributed by atoms with van der Waals surface area (Å²) in [6.45, 7) is 13.3. The van der Waals surface area contributed by atoms with Crippen molar-refractivity contribution in [2.45, 2.75) is 109 Å². The number of rotatable bonds is 14. The Morgan fingerprint density at radius 1 is 1.04 bits per heavy atom. The number of aromatic nitrogens is 8. The lowest BCUT2D eigenvalue weighted by molar-refractivity contribution is -0.0852. The first-order valence-corrected chi connectivity index (χ1v) is 17.9. The predicted octanol–water partition coefficient (Wildman–Crippen LogP) is 5.98. The molecule has 6 rings (SSSR count). The quantitative estimate of drug-likeness (QED) is 0.165. The molecule has 4 heterocycles. The fraction of sp³-hybridized carbons (Fsp3) is 0.600. The number of halogens is 1. The van der Waals surface area contributed by atoms with E-state index in [9.17, 15) is 0 Å². The summed E-state index contributed by atoms with van der Waals surface area (Å²) >= 11 is 6.47. The second kappa shape index (κ2) is 16.0. The van der Waals surface area contributed by atoms with Gasteiger partial charge in [0.25, 0.3) is 5.88 Å². The molecule has 1 aliphatic carbocycles. The monoisotopic (exact) mass is 708 g/mol. The van der Waals surface area contributed by atoms with Crippen LogP contribution >= 0.6 is 11.6 Å². The minimum absolute atomic E-state index is 0.209. The van der Waals surface area contributed by atoms with E-state index in [1.807, 2.05) is 39.1 Å². The number of methoxy groups -OCH3 is 1. The number of morpholine rings is 1. The minimum Gasteiger partial charge on any atom is -0.487 e. The van der Waals surface area contributed by atoms with Gasteiger partial charge in [0, 0.05) is 50.6 Å².